The molecule has 1 aliphatic heterocycles. The molecule has 1 heterocycles. The van der Waals surface area contributed by atoms with Crippen molar-refractivity contribution in [3.8, 4) is 5.75 Å². The molecule has 0 aliphatic carbocycles. The lowest BCUT2D eigenvalue weighted by molar-refractivity contribution is 0.0841. The van der Waals surface area contributed by atoms with Gasteiger partial charge < -0.3 is 20.1 Å². The van der Waals surface area contributed by atoms with E-state index in [1.165, 1.54) is 0 Å². The van der Waals surface area contributed by atoms with Crippen molar-refractivity contribution in [3.05, 3.63) is 28.8 Å². The van der Waals surface area contributed by atoms with E-state index in [2.05, 4.69) is 5.32 Å². The molecule has 0 bridgehead atoms. The first-order chi connectivity index (χ1) is 9.60. The molecule has 1 atom stereocenters. The van der Waals surface area contributed by atoms with E-state index in [1.54, 1.807) is 24.1 Å². The number of hydrogen-bond acceptors (Lipinski definition) is 3. The number of aliphatic hydroxyl groups excluding tert-OH is 1. The second-order valence-electron chi connectivity index (χ2n) is 4.86. The number of piperidine rings is 1. The molecule has 1 aromatic rings. The summed E-state index contributed by atoms with van der Waals surface area (Å²) >= 11 is 5.89. The monoisotopic (exact) mass is 298 g/mol. The molecular weight excluding hydrogens is 280 g/mol. The highest BCUT2D eigenvalue weighted by atomic mass is 35.5. The molecule has 0 aromatic heterocycles. The van der Waals surface area contributed by atoms with Crippen LogP contribution in [0.5, 0.6) is 5.75 Å². The van der Waals surface area contributed by atoms with Gasteiger partial charge in [0.25, 0.3) is 0 Å². The SMILES string of the molecule is COc1cc(Cl)ccc1CNC(=O)N1CCCC(O)C1. The number of likely N-dealkylation sites (tertiary alicyclic amines) is 1. The highest BCUT2D eigenvalue weighted by molar-refractivity contribution is 6.30. The average molecular weight is 299 g/mol. The lowest BCUT2D eigenvalue weighted by Crippen LogP contribution is -2.46. The van der Waals surface area contributed by atoms with Crippen molar-refractivity contribution in [2.45, 2.75) is 25.5 Å². The van der Waals surface area contributed by atoms with Crippen molar-refractivity contribution in [1.82, 2.24) is 10.2 Å². The number of rotatable bonds is 3. The van der Waals surface area contributed by atoms with Crippen molar-refractivity contribution in [2.24, 2.45) is 0 Å². The van der Waals surface area contributed by atoms with Crippen molar-refractivity contribution in [2.75, 3.05) is 20.2 Å². The van der Waals surface area contributed by atoms with Crippen LogP contribution in [0.4, 0.5) is 4.79 Å². The van der Waals surface area contributed by atoms with Gasteiger partial charge in [0.2, 0.25) is 0 Å². The van der Waals surface area contributed by atoms with E-state index >= 15 is 0 Å². The molecule has 2 amide bonds. The van der Waals surface area contributed by atoms with Gasteiger partial charge in [-0.1, -0.05) is 17.7 Å². The Morgan fingerprint density at radius 2 is 2.40 bits per heavy atom. The average Bonchev–Trinajstić information content (AvgIpc) is 2.45. The van der Waals surface area contributed by atoms with E-state index in [1.807, 2.05) is 6.07 Å². The first-order valence-corrected chi connectivity index (χ1v) is 7.01. The van der Waals surface area contributed by atoms with Gasteiger partial charge in [0, 0.05) is 30.2 Å². The number of halogens is 1. The van der Waals surface area contributed by atoms with Crippen LogP contribution in [0.3, 0.4) is 0 Å². The van der Waals surface area contributed by atoms with Crippen LogP contribution in [0.2, 0.25) is 5.02 Å². The molecule has 1 unspecified atom stereocenters. The fourth-order valence-electron chi connectivity index (χ4n) is 2.29. The molecule has 1 aromatic carbocycles. The first kappa shape index (κ1) is 14.9. The third-order valence-corrected chi connectivity index (χ3v) is 3.60. The first-order valence-electron chi connectivity index (χ1n) is 6.63. The normalized spacial score (nSPS) is 18.8. The van der Waals surface area contributed by atoms with Crippen LogP contribution in [0.1, 0.15) is 18.4 Å². The van der Waals surface area contributed by atoms with Crippen LogP contribution >= 0.6 is 11.6 Å². The van der Waals surface area contributed by atoms with E-state index in [0.717, 1.165) is 18.4 Å². The van der Waals surface area contributed by atoms with Crippen LogP contribution in [0.15, 0.2) is 18.2 Å². The van der Waals surface area contributed by atoms with E-state index in [-0.39, 0.29) is 6.03 Å². The summed E-state index contributed by atoms with van der Waals surface area (Å²) in [7, 11) is 1.57. The van der Waals surface area contributed by atoms with Gasteiger partial charge in [-0.3, -0.25) is 0 Å². The standard InChI is InChI=1S/C14H19ClN2O3/c1-20-13-7-11(15)5-4-10(13)8-16-14(19)17-6-2-3-12(18)9-17/h4-5,7,12,18H,2-3,6,8-9H2,1H3,(H,16,19). The summed E-state index contributed by atoms with van der Waals surface area (Å²) in [6, 6.07) is 5.14. The predicted octanol–water partition coefficient (Wildman–Crippen LogP) is 2.01. The lowest BCUT2D eigenvalue weighted by Gasteiger charge is -2.30. The van der Waals surface area contributed by atoms with Crippen LogP contribution in [0.25, 0.3) is 0 Å². The highest BCUT2D eigenvalue weighted by Gasteiger charge is 2.21. The maximum absolute atomic E-state index is 12.0. The number of methoxy groups -OCH3 is 1. The Bertz CT molecular complexity index is 481. The molecule has 1 fully saturated rings. The second-order valence-corrected chi connectivity index (χ2v) is 5.29. The van der Waals surface area contributed by atoms with Crippen LogP contribution in [0, 0.1) is 0 Å². The number of carbonyl (C=O) groups is 1. The molecule has 0 radical (unpaired) electrons. The van der Waals surface area contributed by atoms with Crippen molar-refractivity contribution < 1.29 is 14.6 Å². The van der Waals surface area contributed by atoms with Crippen molar-refractivity contribution in [1.29, 1.82) is 0 Å². The van der Waals surface area contributed by atoms with E-state index in [9.17, 15) is 9.90 Å². The Labute approximate surface area is 123 Å². The van der Waals surface area contributed by atoms with Crippen molar-refractivity contribution in [3.63, 3.8) is 0 Å². The number of benzene rings is 1. The fourth-order valence-corrected chi connectivity index (χ4v) is 2.45. The number of β-amino-alcohol motifs (C(OH)–C–C–N with tert-alkyl or cyclic N) is 1. The van der Waals surface area contributed by atoms with Gasteiger partial charge in [-0.05, 0) is 25.0 Å². The Balaban J connectivity index is 1.93. The Kier molecular flexibility index (Phi) is 5.09. The molecular formula is C14H19ClN2O3. The molecule has 110 valence electrons. The number of carbonyl (C=O) groups excluding carboxylic acids is 1. The van der Waals surface area contributed by atoms with Gasteiger partial charge in [-0.2, -0.15) is 0 Å². The molecule has 2 N–H and O–H groups in total. The molecule has 0 saturated carbocycles. The molecule has 1 saturated heterocycles. The third-order valence-electron chi connectivity index (χ3n) is 3.36. The minimum Gasteiger partial charge on any atom is -0.496 e. The Morgan fingerprint density at radius 1 is 1.60 bits per heavy atom. The number of ether oxygens (including phenoxy) is 1. The molecule has 20 heavy (non-hydrogen) atoms. The fraction of sp³-hybridized carbons (Fsp3) is 0.500. The van der Waals surface area contributed by atoms with Crippen LogP contribution in [-0.2, 0) is 6.54 Å². The van der Waals surface area contributed by atoms with Gasteiger partial charge >= 0.3 is 6.03 Å². The maximum atomic E-state index is 12.0. The molecule has 1 aliphatic rings. The van der Waals surface area contributed by atoms with Crippen molar-refractivity contribution >= 4 is 17.6 Å². The summed E-state index contributed by atoms with van der Waals surface area (Å²) in [6.07, 6.45) is 1.17. The summed E-state index contributed by atoms with van der Waals surface area (Å²) in [5.74, 6) is 0.650. The van der Waals surface area contributed by atoms with E-state index < -0.39 is 6.10 Å². The number of aliphatic hydroxyl groups is 1. The molecule has 0 spiro atoms. The number of nitrogens with zero attached hydrogens (tertiary/aromatic N) is 1. The Morgan fingerprint density at radius 3 is 3.10 bits per heavy atom. The van der Waals surface area contributed by atoms with Gasteiger partial charge in [0.15, 0.2) is 0 Å². The summed E-state index contributed by atoms with van der Waals surface area (Å²) in [4.78, 5) is 13.7. The minimum atomic E-state index is -0.417. The number of amides is 2. The zero-order chi connectivity index (χ0) is 14.5. The zero-order valence-electron chi connectivity index (χ0n) is 11.4. The van der Waals surface area contributed by atoms with Gasteiger partial charge in [-0.15, -0.1) is 0 Å². The number of urea groups is 1. The number of nitrogens with one attached hydrogen (secondary N) is 1. The summed E-state index contributed by atoms with van der Waals surface area (Å²) in [6.45, 7) is 1.44. The molecule has 2 rings (SSSR count). The third kappa shape index (κ3) is 3.77. The molecule has 5 nitrogen and oxygen atoms in total. The van der Waals surface area contributed by atoms with Gasteiger partial charge in [-0.25, -0.2) is 4.79 Å². The highest BCUT2D eigenvalue weighted by Crippen LogP contribution is 2.23. The number of hydrogen-bond donors (Lipinski definition) is 2. The Hall–Kier alpha value is -1.46. The van der Waals surface area contributed by atoms with Gasteiger partial charge in [0.05, 0.1) is 13.2 Å². The van der Waals surface area contributed by atoms with E-state index in [4.69, 9.17) is 16.3 Å². The second kappa shape index (κ2) is 6.81. The van der Waals surface area contributed by atoms with Gasteiger partial charge in [0.1, 0.15) is 5.75 Å². The lowest BCUT2D eigenvalue weighted by atomic mass is 10.1. The quantitative estimate of drug-likeness (QED) is 0.897. The van der Waals surface area contributed by atoms with Crippen LogP contribution < -0.4 is 10.1 Å². The summed E-state index contributed by atoms with van der Waals surface area (Å²) in [5, 5.41) is 13.0. The summed E-state index contributed by atoms with van der Waals surface area (Å²) < 4.78 is 5.23. The zero-order valence-corrected chi connectivity index (χ0v) is 12.2. The predicted molar refractivity (Wildman–Crippen MR) is 77.1 cm³/mol. The molecule has 6 heteroatoms. The minimum absolute atomic E-state index is 0.166. The summed E-state index contributed by atoms with van der Waals surface area (Å²) in [5.41, 5.74) is 0.864. The largest absolute Gasteiger partial charge is 0.496 e. The smallest absolute Gasteiger partial charge is 0.317 e. The van der Waals surface area contributed by atoms with Crippen LogP contribution in [-0.4, -0.2) is 42.3 Å². The topological polar surface area (TPSA) is 61.8 Å². The maximum Gasteiger partial charge on any atom is 0.317 e. The van der Waals surface area contributed by atoms with E-state index in [0.29, 0.717) is 30.4 Å².